The summed E-state index contributed by atoms with van der Waals surface area (Å²) in [4.78, 5) is 27.1. The van der Waals surface area contributed by atoms with Gasteiger partial charge in [-0.15, -0.1) is 0 Å². The number of halogens is 3. The van der Waals surface area contributed by atoms with E-state index < -0.39 is 29.5 Å². The zero-order valence-electron chi connectivity index (χ0n) is 14.1. The molecule has 9 heteroatoms. The molecule has 3 unspecified atom stereocenters. The highest BCUT2D eigenvalue weighted by Crippen LogP contribution is 2.32. The number of likely N-dealkylation sites (tertiary alicyclic amines) is 2. The molecule has 3 amide bonds. The van der Waals surface area contributed by atoms with E-state index in [2.05, 4.69) is 0 Å². The number of benzene rings is 1. The van der Waals surface area contributed by atoms with Crippen LogP contribution in [0.3, 0.4) is 0 Å². The van der Waals surface area contributed by atoms with Crippen molar-refractivity contribution < 1.29 is 22.8 Å². The Morgan fingerprint density at radius 1 is 1.15 bits per heavy atom. The fraction of sp³-hybridized carbons (Fsp3) is 0.529. The van der Waals surface area contributed by atoms with E-state index in [-0.39, 0.29) is 36.3 Å². The van der Waals surface area contributed by atoms with Gasteiger partial charge in [-0.2, -0.15) is 0 Å². The molecule has 2 aliphatic rings. The lowest BCUT2D eigenvalue weighted by atomic mass is 10.0. The lowest BCUT2D eigenvalue weighted by Gasteiger charge is -2.26. The number of carbonyl (C=O) groups excluding carboxylic acids is 2. The van der Waals surface area contributed by atoms with Crippen molar-refractivity contribution in [3.8, 4) is 0 Å². The smallest absolute Gasteiger partial charge is 0.314 e. The number of rotatable bonds is 4. The zero-order chi connectivity index (χ0) is 19.0. The molecule has 0 saturated carbocycles. The number of carbonyl (C=O) groups is 2. The van der Waals surface area contributed by atoms with Gasteiger partial charge in [-0.05, 0) is 24.5 Å². The summed E-state index contributed by atoms with van der Waals surface area (Å²) in [5.41, 5.74) is 11.2. The average molecular weight is 370 g/mol. The van der Waals surface area contributed by atoms with Crippen molar-refractivity contribution >= 4 is 11.9 Å². The predicted molar refractivity (Wildman–Crippen MR) is 87.4 cm³/mol. The Balaban J connectivity index is 1.60. The van der Waals surface area contributed by atoms with Crippen molar-refractivity contribution in [2.75, 3.05) is 19.6 Å². The highest BCUT2D eigenvalue weighted by atomic mass is 19.2. The number of amides is 3. The highest BCUT2D eigenvalue weighted by Gasteiger charge is 2.44. The quantitative estimate of drug-likeness (QED) is 0.774. The van der Waals surface area contributed by atoms with Gasteiger partial charge < -0.3 is 21.3 Å². The van der Waals surface area contributed by atoms with Gasteiger partial charge in [-0.3, -0.25) is 4.79 Å². The van der Waals surface area contributed by atoms with Crippen molar-refractivity contribution in [1.29, 1.82) is 0 Å². The molecule has 26 heavy (non-hydrogen) atoms. The summed E-state index contributed by atoms with van der Waals surface area (Å²) in [5, 5.41) is 0. The lowest BCUT2D eigenvalue weighted by Crippen LogP contribution is -2.43. The monoisotopic (exact) mass is 370 g/mol. The Kier molecular flexibility index (Phi) is 5.08. The zero-order valence-corrected chi connectivity index (χ0v) is 14.1. The van der Waals surface area contributed by atoms with E-state index in [1.807, 2.05) is 0 Å². The van der Waals surface area contributed by atoms with Gasteiger partial charge in [0.2, 0.25) is 5.91 Å². The number of fused-ring (bicyclic) bond motifs is 1. The first-order chi connectivity index (χ1) is 12.3. The number of hydrogen-bond donors (Lipinski definition) is 2. The van der Waals surface area contributed by atoms with Crippen LogP contribution in [0.15, 0.2) is 12.1 Å². The molecule has 1 aromatic carbocycles. The number of primary amides is 1. The Bertz CT molecular complexity index is 730. The normalized spacial score (nSPS) is 23.2. The maximum Gasteiger partial charge on any atom is 0.314 e. The van der Waals surface area contributed by atoms with E-state index in [0.29, 0.717) is 25.7 Å². The molecule has 0 aromatic heterocycles. The number of nitrogens with zero attached hydrogens (tertiary/aromatic N) is 2. The largest absolute Gasteiger partial charge is 0.351 e. The third kappa shape index (κ3) is 3.62. The van der Waals surface area contributed by atoms with Crippen molar-refractivity contribution in [3.63, 3.8) is 0 Å². The molecule has 0 spiro atoms. The Morgan fingerprint density at radius 3 is 2.54 bits per heavy atom. The Morgan fingerprint density at radius 2 is 1.85 bits per heavy atom. The summed E-state index contributed by atoms with van der Waals surface area (Å²) < 4.78 is 40.0. The number of nitrogens with two attached hydrogens (primary N) is 2. The molecule has 0 bridgehead atoms. The second-order valence-corrected chi connectivity index (χ2v) is 6.97. The van der Waals surface area contributed by atoms with Crippen LogP contribution in [0, 0.1) is 23.4 Å². The molecule has 0 radical (unpaired) electrons. The molecule has 2 heterocycles. The van der Waals surface area contributed by atoms with Crippen LogP contribution in [-0.4, -0.2) is 53.5 Å². The van der Waals surface area contributed by atoms with E-state index >= 15 is 0 Å². The molecular weight excluding hydrogens is 349 g/mol. The first-order valence-electron chi connectivity index (χ1n) is 8.49. The Labute approximate surface area is 148 Å². The van der Waals surface area contributed by atoms with Crippen LogP contribution in [0.25, 0.3) is 0 Å². The molecule has 4 N–H and O–H groups in total. The van der Waals surface area contributed by atoms with Gasteiger partial charge in [0, 0.05) is 44.1 Å². The van der Waals surface area contributed by atoms with Gasteiger partial charge in [-0.25, -0.2) is 18.0 Å². The second kappa shape index (κ2) is 7.14. The molecule has 3 atom stereocenters. The fourth-order valence-electron chi connectivity index (χ4n) is 3.87. The first kappa shape index (κ1) is 18.5. The minimum atomic E-state index is -1.26. The molecule has 2 saturated heterocycles. The van der Waals surface area contributed by atoms with Gasteiger partial charge in [0.25, 0.3) is 0 Å². The second-order valence-electron chi connectivity index (χ2n) is 6.97. The topological polar surface area (TPSA) is 92.7 Å². The molecule has 3 rings (SSSR count). The number of urea groups is 1. The summed E-state index contributed by atoms with van der Waals surface area (Å²) >= 11 is 0. The summed E-state index contributed by atoms with van der Waals surface area (Å²) in [6.45, 7) is 1.52. The summed E-state index contributed by atoms with van der Waals surface area (Å²) in [7, 11) is 0. The molecule has 6 nitrogen and oxygen atoms in total. The van der Waals surface area contributed by atoms with Crippen LogP contribution in [-0.2, 0) is 11.2 Å². The van der Waals surface area contributed by atoms with Gasteiger partial charge in [0.05, 0.1) is 6.04 Å². The van der Waals surface area contributed by atoms with Crippen LogP contribution in [0.1, 0.15) is 18.4 Å². The van der Waals surface area contributed by atoms with Gasteiger partial charge in [0.1, 0.15) is 5.82 Å². The van der Waals surface area contributed by atoms with E-state index in [1.165, 1.54) is 4.90 Å². The molecule has 0 aliphatic carbocycles. The summed E-state index contributed by atoms with van der Waals surface area (Å²) in [6, 6.07) is -0.0711. The van der Waals surface area contributed by atoms with Gasteiger partial charge in [0.15, 0.2) is 11.6 Å². The fourth-order valence-corrected chi connectivity index (χ4v) is 3.87. The maximum absolute atomic E-state index is 13.7. The molecule has 2 fully saturated rings. The van der Waals surface area contributed by atoms with E-state index in [9.17, 15) is 22.8 Å². The SMILES string of the molecule is NC(=O)N1CC2CCN(C(=O)CC(N)Cc3cc(F)c(F)cc3F)C2C1. The van der Waals surface area contributed by atoms with Gasteiger partial charge >= 0.3 is 6.03 Å². The third-order valence-electron chi connectivity index (χ3n) is 5.19. The minimum absolute atomic E-state index is 0.0434. The van der Waals surface area contributed by atoms with Crippen LogP contribution >= 0.6 is 0 Å². The third-order valence-corrected chi connectivity index (χ3v) is 5.19. The van der Waals surface area contributed by atoms with E-state index in [1.54, 1.807) is 4.90 Å². The summed E-state index contributed by atoms with van der Waals surface area (Å²) in [6.07, 6.45) is 0.662. The van der Waals surface area contributed by atoms with Gasteiger partial charge in [-0.1, -0.05) is 0 Å². The molecular formula is C17H21F3N4O2. The predicted octanol–water partition coefficient (Wildman–Crippen LogP) is 0.975. The van der Waals surface area contributed by atoms with Crippen molar-refractivity contribution in [1.82, 2.24) is 9.80 Å². The summed E-state index contributed by atoms with van der Waals surface area (Å²) in [5.74, 6) is -3.30. The Hall–Kier alpha value is -2.29. The van der Waals surface area contributed by atoms with Crippen molar-refractivity contribution in [2.45, 2.75) is 31.3 Å². The van der Waals surface area contributed by atoms with Crippen molar-refractivity contribution in [3.05, 3.63) is 35.1 Å². The maximum atomic E-state index is 13.7. The molecule has 1 aromatic rings. The van der Waals surface area contributed by atoms with Crippen LogP contribution < -0.4 is 11.5 Å². The molecule has 142 valence electrons. The average Bonchev–Trinajstić information content (AvgIpc) is 3.12. The minimum Gasteiger partial charge on any atom is -0.351 e. The molecule has 2 aliphatic heterocycles. The van der Waals surface area contributed by atoms with Crippen LogP contribution in [0.5, 0.6) is 0 Å². The standard InChI is InChI=1S/C17H21F3N4O2/c18-12-6-14(20)13(19)4-10(12)3-11(21)5-16(25)24-2-1-9-7-23(17(22)26)8-15(9)24/h4,6,9,11,15H,1-3,5,7-8,21H2,(H2,22,26). The highest BCUT2D eigenvalue weighted by molar-refractivity contribution is 5.78. The van der Waals surface area contributed by atoms with E-state index in [4.69, 9.17) is 11.5 Å². The number of hydrogen-bond acceptors (Lipinski definition) is 3. The van der Waals surface area contributed by atoms with Crippen LogP contribution in [0.2, 0.25) is 0 Å². The van der Waals surface area contributed by atoms with Crippen LogP contribution in [0.4, 0.5) is 18.0 Å². The van der Waals surface area contributed by atoms with E-state index in [0.717, 1.165) is 12.5 Å². The van der Waals surface area contributed by atoms with Crippen molar-refractivity contribution in [2.24, 2.45) is 17.4 Å². The first-order valence-corrected chi connectivity index (χ1v) is 8.49. The lowest BCUT2D eigenvalue weighted by molar-refractivity contribution is -0.132.